The topological polar surface area (TPSA) is 72.4 Å². The highest BCUT2D eigenvalue weighted by molar-refractivity contribution is 5.93. The van der Waals surface area contributed by atoms with Gasteiger partial charge in [-0.3, -0.25) is 9.59 Å². The van der Waals surface area contributed by atoms with Gasteiger partial charge in [0.05, 0.1) is 6.61 Å². The maximum atomic E-state index is 12.2. The van der Waals surface area contributed by atoms with Crippen molar-refractivity contribution in [1.82, 2.24) is 15.2 Å². The molecule has 0 aromatic carbocycles. The number of nitrogens with zero attached hydrogens (tertiary/aromatic N) is 1. The number of nitrogens with one attached hydrogen (secondary N) is 2. The number of amides is 1. The first-order valence-electron chi connectivity index (χ1n) is 7.21. The van der Waals surface area contributed by atoms with Crippen LogP contribution in [0.1, 0.15) is 23.2 Å². The molecule has 0 atom stereocenters. The van der Waals surface area contributed by atoms with Crippen LogP contribution in [0.4, 0.5) is 0 Å². The van der Waals surface area contributed by atoms with Crippen LogP contribution in [0, 0.1) is 5.41 Å². The maximum Gasteiger partial charge on any atom is 0.263 e. The Morgan fingerprint density at radius 1 is 1.45 bits per heavy atom. The summed E-state index contributed by atoms with van der Waals surface area (Å²) in [7, 11) is 3.32. The van der Waals surface area contributed by atoms with Gasteiger partial charge in [0.25, 0.3) is 11.5 Å². The molecule has 7 heteroatoms. The third kappa shape index (κ3) is 4.32. The molecule has 0 saturated carbocycles. The molecule has 1 aromatic heterocycles. The zero-order chi connectivity index (χ0) is 15.3. The quantitative estimate of drug-likeness (QED) is 0.827. The number of ether oxygens (including phenoxy) is 1. The zero-order valence-electron chi connectivity index (χ0n) is 13.1. The van der Waals surface area contributed by atoms with Crippen LogP contribution in [0.3, 0.4) is 0 Å². The van der Waals surface area contributed by atoms with Crippen LogP contribution in [-0.4, -0.2) is 43.8 Å². The van der Waals surface area contributed by atoms with Crippen LogP contribution in [-0.2, 0) is 11.8 Å². The van der Waals surface area contributed by atoms with Gasteiger partial charge >= 0.3 is 0 Å². The number of hydrogen-bond acceptors (Lipinski definition) is 4. The van der Waals surface area contributed by atoms with E-state index < -0.39 is 0 Å². The lowest BCUT2D eigenvalue weighted by molar-refractivity contribution is 0.0511. The largest absolute Gasteiger partial charge is 0.384 e. The first-order valence-corrected chi connectivity index (χ1v) is 7.21. The summed E-state index contributed by atoms with van der Waals surface area (Å²) in [6.45, 7) is 2.99. The molecule has 2 N–H and O–H groups in total. The number of aryl methyl sites for hydroxylation is 1. The Morgan fingerprint density at radius 3 is 2.77 bits per heavy atom. The molecule has 0 unspecified atom stereocenters. The number of hydrogen-bond donors (Lipinski definition) is 2. The normalized spacial score (nSPS) is 16.6. The molecule has 1 fully saturated rings. The van der Waals surface area contributed by atoms with Crippen molar-refractivity contribution >= 4 is 18.3 Å². The number of aromatic nitrogens is 1. The molecule has 0 radical (unpaired) electrons. The standard InChI is InChI=1S/C15H23N3O3.ClH/c1-18-9-3-4-12(14(18)20)13(19)17-10-15(11-21-2)5-7-16-8-6-15;/h3-4,9,16H,5-8,10-11H2,1-2H3,(H,17,19);1H. The van der Waals surface area contributed by atoms with Gasteiger partial charge in [0.1, 0.15) is 5.56 Å². The van der Waals surface area contributed by atoms with Crippen molar-refractivity contribution in [1.29, 1.82) is 0 Å². The van der Waals surface area contributed by atoms with Crippen LogP contribution in [0.5, 0.6) is 0 Å². The van der Waals surface area contributed by atoms with Crippen molar-refractivity contribution < 1.29 is 9.53 Å². The average molecular weight is 330 g/mol. The maximum absolute atomic E-state index is 12.2. The lowest BCUT2D eigenvalue weighted by Crippen LogP contribution is -2.47. The minimum absolute atomic E-state index is 0. The van der Waals surface area contributed by atoms with Crippen LogP contribution >= 0.6 is 12.4 Å². The number of carbonyl (C=O) groups is 1. The van der Waals surface area contributed by atoms with Gasteiger partial charge in [0, 0.05) is 32.3 Å². The second-order valence-electron chi connectivity index (χ2n) is 5.70. The highest BCUT2D eigenvalue weighted by atomic mass is 35.5. The van der Waals surface area contributed by atoms with E-state index in [1.165, 1.54) is 4.57 Å². The number of piperidine rings is 1. The van der Waals surface area contributed by atoms with Crippen molar-refractivity contribution in [2.75, 3.05) is 33.4 Å². The van der Waals surface area contributed by atoms with Gasteiger partial charge in [-0.25, -0.2) is 0 Å². The monoisotopic (exact) mass is 329 g/mol. The van der Waals surface area contributed by atoms with E-state index in [-0.39, 0.29) is 34.9 Å². The van der Waals surface area contributed by atoms with Crippen LogP contribution in [0.2, 0.25) is 0 Å². The van der Waals surface area contributed by atoms with Crippen LogP contribution < -0.4 is 16.2 Å². The fraction of sp³-hybridized carbons (Fsp3) is 0.600. The predicted molar refractivity (Wildman–Crippen MR) is 87.7 cm³/mol. The van der Waals surface area contributed by atoms with E-state index in [9.17, 15) is 9.59 Å². The molecular weight excluding hydrogens is 306 g/mol. The van der Waals surface area contributed by atoms with E-state index in [2.05, 4.69) is 10.6 Å². The van der Waals surface area contributed by atoms with Gasteiger partial charge in [-0.2, -0.15) is 0 Å². The molecule has 2 rings (SSSR count). The fourth-order valence-electron chi connectivity index (χ4n) is 2.77. The summed E-state index contributed by atoms with van der Waals surface area (Å²) in [4.78, 5) is 24.2. The van der Waals surface area contributed by atoms with Gasteiger partial charge in [-0.05, 0) is 38.1 Å². The van der Waals surface area contributed by atoms with Crippen molar-refractivity contribution in [3.63, 3.8) is 0 Å². The minimum Gasteiger partial charge on any atom is -0.384 e. The van der Waals surface area contributed by atoms with E-state index in [0.29, 0.717) is 13.2 Å². The molecule has 124 valence electrons. The molecule has 1 aromatic rings. The highest BCUT2D eigenvalue weighted by Crippen LogP contribution is 2.28. The number of rotatable bonds is 5. The van der Waals surface area contributed by atoms with E-state index in [1.807, 2.05) is 0 Å². The summed E-state index contributed by atoms with van der Waals surface area (Å²) < 4.78 is 6.73. The Morgan fingerprint density at radius 2 is 2.14 bits per heavy atom. The van der Waals surface area contributed by atoms with Gasteiger partial charge in [-0.1, -0.05) is 0 Å². The third-order valence-electron chi connectivity index (χ3n) is 4.11. The van der Waals surface area contributed by atoms with E-state index in [1.54, 1.807) is 32.5 Å². The predicted octanol–water partition coefficient (Wildman–Crippen LogP) is 0.553. The molecule has 6 nitrogen and oxygen atoms in total. The minimum atomic E-state index is -0.315. The Balaban J connectivity index is 0.00000242. The number of halogens is 1. The first kappa shape index (κ1) is 18.7. The summed E-state index contributed by atoms with van der Waals surface area (Å²) in [5.41, 5.74) is -0.141. The highest BCUT2D eigenvalue weighted by Gasteiger charge is 2.32. The lowest BCUT2D eigenvalue weighted by atomic mass is 9.79. The van der Waals surface area contributed by atoms with Crippen molar-refractivity contribution in [2.24, 2.45) is 12.5 Å². The Bertz CT molecular complexity index is 548. The van der Waals surface area contributed by atoms with Crippen molar-refractivity contribution in [3.8, 4) is 0 Å². The molecule has 0 spiro atoms. The number of methoxy groups -OCH3 is 1. The molecule has 1 aliphatic heterocycles. The molecule has 2 heterocycles. The summed E-state index contributed by atoms with van der Waals surface area (Å²) >= 11 is 0. The molecular formula is C15H24ClN3O3. The average Bonchev–Trinajstić information content (AvgIpc) is 2.49. The van der Waals surface area contributed by atoms with E-state index >= 15 is 0 Å². The summed E-state index contributed by atoms with van der Waals surface area (Å²) in [5, 5.41) is 6.21. The van der Waals surface area contributed by atoms with Gasteiger partial charge < -0.3 is 19.9 Å². The smallest absolute Gasteiger partial charge is 0.263 e. The molecule has 1 aliphatic rings. The molecule has 0 aliphatic carbocycles. The molecule has 0 bridgehead atoms. The molecule has 1 saturated heterocycles. The van der Waals surface area contributed by atoms with Crippen molar-refractivity contribution in [3.05, 3.63) is 34.2 Å². The van der Waals surface area contributed by atoms with Gasteiger partial charge in [-0.15, -0.1) is 12.4 Å². The molecule has 22 heavy (non-hydrogen) atoms. The van der Waals surface area contributed by atoms with Crippen LogP contribution in [0.15, 0.2) is 23.1 Å². The van der Waals surface area contributed by atoms with E-state index in [0.717, 1.165) is 25.9 Å². The summed E-state index contributed by atoms with van der Waals surface area (Å²) in [5.74, 6) is -0.315. The van der Waals surface area contributed by atoms with Crippen molar-refractivity contribution in [2.45, 2.75) is 12.8 Å². The second kappa shape index (κ2) is 8.31. The second-order valence-corrected chi connectivity index (χ2v) is 5.70. The van der Waals surface area contributed by atoms with Gasteiger partial charge in [0.15, 0.2) is 0 Å². The van der Waals surface area contributed by atoms with E-state index in [4.69, 9.17) is 4.74 Å². The van der Waals surface area contributed by atoms with Crippen LogP contribution in [0.25, 0.3) is 0 Å². The Hall–Kier alpha value is -1.37. The Kier molecular flexibility index (Phi) is 7.06. The lowest BCUT2D eigenvalue weighted by Gasteiger charge is -2.37. The first-order chi connectivity index (χ1) is 10.1. The number of pyridine rings is 1. The Labute approximate surface area is 136 Å². The third-order valence-corrected chi connectivity index (χ3v) is 4.11. The fourth-order valence-corrected chi connectivity index (χ4v) is 2.77. The number of carbonyl (C=O) groups excluding carboxylic acids is 1. The SMILES string of the molecule is COCC1(CNC(=O)c2cccn(C)c2=O)CCNCC1.Cl. The van der Waals surface area contributed by atoms with Gasteiger partial charge in [0.2, 0.25) is 0 Å². The summed E-state index contributed by atoms with van der Waals surface area (Å²) in [6, 6.07) is 3.26. The zero-order valence-corrected chi connectivity index (χ0v) is 13.9. The molecule has 1 amide bonds. The summed E-state index contributed by atoms with van der Waals surface area (Å²) in [6.07, 6.45) is 3.54.